The van der Waals surface area contributed by atoms with Gasteiger partial charge in [0.1, 0.15) is 23.2 Å². The number of nitrogens with zero attached hydrogens (tertiary/aromatic N) is 3. The summed E-state index contributed by atoms with van der Waals surface area (Å²) in [4.78, 5) is 16.7. The van der Waals surface area contributed by atoms with Crippen LogP contribution < -0.4 is 4.74 Å². The summed E-state index contributed by atoms with van der Waals surface area (Å²) in [5.74, 6) is 0.980. The van der Waals surface area contributed by atoms with Crippen LogP contribution in [-0.2, 0) is 9.53 Å². The Kier molecular flexibility index (Phi) is 8.35. The molecule has 2 atom stereocenters. The van der Waals surface area contributed by atoms with Gasteiger partial charge in [-0.1, -0.05) is 13.8 Å². The normalized spacial score (nSPS) is 21.6. The maximum Gasteiger partial charge on any atom is 0.251 e. The van der Waals surface area contributed by atoms with Crippen LogP contribution in [0.2, 0.25) is 0 Å². The van der Waals surface area contributed by atoms with Gasteiger partial charge in [-0.2, -0.15) is 5.26 Å². The second kappa shape index (κ2) is 10.4. The van der Waals surface area contributed by atoms with E-state index in [4.69, 9.17) is 9.47 Å². The molecule has 0 saturated carbocycles. The van der Waals surface area contributed by atoms with Crippen LogP contribution in [0.1, 0.15) is 51.3 Å². The lowest BCUT2D eigenvalue weighted by Gasteiger charge is -2.45. The molecule has 3 rings (SSSR count). The van der Waals surface area contributed by atoms with E-state index in [0.29, 0.717) is 29.2 Å². The number of aliphatic hydroxyl groups is 1. The molecule has 0 radical (unpaired) electrons. The van der Waals surface area contributed by atoms with Crippen molar-refractivity contribution in [3.05, 3.63) is 41.2 Å². The molecule has 1 aromatic rings. The molecule has 0 fully saturated rings. The van der Waals surface area contributed by atoms with E-state index in [-0.39, 0.29) is 24.9 Å². The molecule has 2 aliphatic heterocycles. The van der Waals surface area contributed by atoms with Crippen molar-refractivity contribution in [3.8, 4) is 11.8 Å². The number of carbonyl (C=O) groups is 1. The second-order valence-electron chi connectivity index (χ2n) is 8.27. The average molecular weight is 450 g/mol. The quantitative estimate of drug-likeness (QED) is 0.614. The van der Waals surface area contributed by atoms with Crippen LogP contribution in [0.15, 0.2) is 30.0 Å². The lowest BCUT2D eigenvalue weighted by Crippen LogP contribution is -2.54. The van der Waals surface area contributed by atoms with Crippen molar-refractivity contribution in [1.29, 1.82) is 5.26 Å². The molecule has 0 saturated heterocycles. The van der Waals surface area contributed by atoms with Gasteiger partial charge in [0.25, 0.3) is 5.91 Å². The van der Waals surface area contributed by atoms with Crippen LogP contribution >= 0.6 is 12.4 Å². The van der Waals surface area contributed by atoms with E-state index < -0.39 is 17.7 Å². The number of carbonyl (C=O) groups excluding carboxylic acids is 1. The minimum absolute atomic E-state index is 0. The SMILES string of the molecule is CCN(CC)CCCOC1=CC(=O)N([C@H]2c3cc(C#N)ccc3OC(C)(C)[C@@H]2O)C1.Cl. The molecule has 0 aliphatic carbocycles. The zero-order valence-corrected chi connectivity index (χ0v) is 19.4. The van der Waals surface area contributed by atoms with Gasteiger partial charge in [-0.05, 0) is 51.6 Å². The number of nitriles is 1. The molecule has 31 heavy (non-hydrogen) atoms. The number of benzene rings is 1. The van der Waals surface area contributed by atoms with E-state index in [1.54, 1.807) is 36.9 Å². The lowest BCUT2D eigenvalue weighted by atomic mass is 9.85. The van der Waals surface area contributed by atoms with Crippen LogP contribution in [0, 0.1) is 11.3 Å². The average Bonchev–Trinajstić information content (AvgIpc) is 3.08. The Balaban J connectivity index is 0.00000341. The number of ether oxygens (including phenoxy) is 2. The predicted octanol–water partition coefficient (Wildman–Crippen LogP) is 3.03. The van der Waals surface area contributed by atoms with E-state index in [2.05, 4.69) is 24.8 Å². The molecule has 8 heteroatoms. The Hall–Kier alpha value is -2.27. The van der Waals surface area contributed by atoms with E-state index in [1.807, 2.05) is 0 Å². The molecular weight excluding hydrogens is 418 g/mol. The van der Waals surface area contributed by atoms with Crippen molar-refractivity contribution < 1.29 is 19.4 Å². The fraction of sp³-hybridized carbons (Fsp3) is 0.565. The van der Waals surface area contributed by atoms with Crippen LogP contribution in [-0.4, -0.2) is 65.3 Å². The maximum absolute atomic E-state index is 12.8. The highest BCUT2D eigenvalue weighted by molar-refractivity contribution is 5.91. The van der Waals surface area contributed by atoms with Crippen molar-refractivity contribution in [1.82, 2.24) is 9.80 Å². The molecule has 7 nitrogen and oxygen atoms in total. The minimum atomic E-state index is -0.946. The zero-order chi connectivity index (χ0) is 21.9. The van der Waals surface area contributed by atoms with Crippen LogP contribution in [0.25, 0.3) is 0 Å². The standard InChI is InChI=1S/C23H31N3O4.ClH/c1-5-25(6-2)10-7-11-29-17-13-20(27)26(15-17)21-18-12-16(14-24)8-9-19(18)30-23(3,4)22(21)28;/h8-9,12-13,21-22,28H,5-7,10-11,15H2,1-4H3;1H/t21-,22+;/m0./s1. The highest BCUT2D eigenvalue weighted by Gasteiger charge is 2.47. The Morgan fingerprint density at radius 1 is 1.35 bits per heavy atom. The largest absolute Gasteiger partial charge is 0.496 e. The third-order valence-electron chi connectivity index (χ3n) is 5.87. The van der Waals surface area contributed by atoms with E-state index in [9.17, 15) is 15.2 Å². The summed E-state index contributed by atoms with van der Waals surface area (Å²) < 4.78 is 11.8. The highest BCUT2D eigenvalue weighted by Crippen LogP contribution is 2.44. The van der Waals surface area contributed by atoms with Crippen LogP contribution in [0.3, 0.4) is 0 Å². The molecule has 0 bridgehead atoms. The van der Waals surface area contributed by atoms with Crippen LogP contribution in [0.5, 0.6) is 5.75 Å². The van der Waals surface area contributed by atoms with Gasteiger partial charge >= 0.3 is 0 Å². The number of halogens is 1. The number of hydrogen-bond donors (Lipinski definition) is 1. The molecule has 2 heterocycles. The van der Waals surface area contributed by atoms with Gasteiger partial charge in [0.05, 0.1) is 30.8 Å². The monoisotopic (exact) mass is 449 g/mol. The maximum atomic E-state index is 12.8. The van der Waals surface area contributed by atoms with E-state index in [1.165, 1.54) is 6.08 Å². The van der Waals surface area contributed by atoms with Crippen molar-refractivity contribution >= 4 is 18.3 Å². The Bertz CT molecular complexity index is 861. The Morgan fingerprint density at radius 2 is 2.06 bits per heavy atom. The molecular formula is C23H32ClN3O4. The van der Waals surface area contributed by atoms with Gasteiger partial charge in [-0.25, -0.2) is 0 Å². The first-order chi connectivity index (χ1) is 14.3. The van der Waals surface area contributed by atoms with Gasteiger partial charge in [0.2, 0.25) is 0 Å². The summed E-state index contributed by atoms with van der Waals surface area (Å²) in [5.41, 5.74) is 0.228. The van der Waals surface area contributed by atoms with Gasteiger partial charge < -0.3 is 24.4 Å². The summed E-state index contributed by atoms with van der Waals surface area (Å²) in [6.45, 7) is 11.7. The molecule has 0 spiro atoms. The highest BCUT2D eigenvalue weighted by atomic mass is 35.5. The van der Waals surface area contributed by atoms with Gasteiger partial charge in [-0.15, -0.1) is 12.4 Å². The fourth-order valence-corrected chi connectivity index (χ4v) is 4.04. The van der Waals surface area contributed by atoms with Crippen molar-refractivity contribution in [2.75, 3.05) is 32.8 Å². The lowest BCUT2D eigenvalue weighted by molar-refractivity contribution is -0.137. The molecule has 0 unspecified atom stereocenters. The molecule has 1 aromatic carbocycles. The fourth-order valence-electron chi connectivity index (χ4n) is 4.04. The molecule has 1 amide bonds. The molecule has 170 valence electrons. The van der Waals surface area contributed by atoms with Gasteiger partial charge in [0, 0.05) is 18.2 Å². The molecule has 2 aliphatic rings. The molecule has 0 aromatic heterocycles. The predicted molar refractivity (Wildman–Crippen MR) is 120 cm³/mol. The Morgan fingerprint density at radius 3 is 2.71 bits per heavy atom. The number of amides is 1. The summed E-state index contributed by atoms with van der Waals surface area (Å²) in [5, 5.41) is 20.3. The van der Waals surface area contributed by atoms with Gasteiger partial charge in [-0.3, -0.25) is 4.79 Å². The topological polar surface area (TPSA) is 86.0 Å². The molecule has 1 N–H and O–H groups in total. The van der Waals surface area contributed by atoms with Crippen molar-refractivity contribution in [2.45, 2.75) is 51.9 Å². The first-order valence-electron chi connectivity index (χ1n) is 10.6. The van der Waals surface area contributed by atoms with Gasteiger partial charge in [0.15, 0.2) is 0 Å². The Labute approximate surface area is 190 Å². The summed E-state index contributed by atoms with van der Waals surface area (Å²) in [7, 11) is 0. The number of hydrogen-bond acceptors (Lipinski definition) is 6. The zero-order valence-electron chi connectivity index (χ0n) is 18.6. The summed E-state index contributed by atoms with van der Waals surface area (Å²) >= 11 is 0. The third-order valence-corrected chi connectivity index (χ3v) is 5.87. The first-order valence-corrected chi connectivity index (χ1v) is 10.6. The summed E-state index contributed by atoms with van der Waals surface area (Å²) in [6, 6.07) is 6.60. The second-order valence-corrected chi connectivity index (χ2v) is 8.27. The first kappa shape index (κ1) is 25.0. The van der Waals surface area contributed by atoms with E-state index in [0.717, 1.165) is 26.1 Å². The third kappa shape index (κ3) is 5.32. The smallest absolute Gasteiger partial charge is 0.251 e. The number of fused-ring (bicyclic) bond motifs is 1. The van der Waals surface area contributed by atoms with E-state index >= 15 is 0 Å². The number of aliphatic hydroxyl groups excluding tert-OH is 1. The minimum Gasteiger partial charge on any atom is -0.496 e. The van der Waals surface area contributed by atoms with Crippen molar-refractivity contribution in [3.63, 3.8) is 0 Å². The van der Waals surface area contributed by atoms with Crippen molar-refractivity contribution in [2.24, 2.45) is 0 Å². The summed E-state index contributed by atoms with van der Waals surface area (Å²) in [6.07, 6.45) is 1.44. The number of rotatable bonds is 8. The van der Waals surface area contributed by atoms with Crippen LogP contribution in [0.4, 0.5) is 0 Å².